The van der Waals surface area contributed by atoms with E-state index in [0.717, 1.165) is 8.66 Å². The van der Waals surface area contributed by atoms with Crippen molar-refractivity contribution in [1.29, 1.82) is 0 Å². The molecule has 1 aromatic carbocycles. The van der Waals surface area contributed by atoms with Crippen LogP contribution in [-0.2, 0) is 0 Å². The summed E-state index contributed by atoms with van der Waals surface area (Å²) >= 11 is 10.7. The van der Waals surface area contributed by atoms with Gasteiger partial charge in [0.15, 0.2) is 11.5 Å². The van der Waals surface area contributed by atoms with Gasteiger partial charge in [-0.2, -0.15) is 0 Å². The highest BCUT2D eigenvalue weighted by molar-refractivity contribution is 9.11. The van der Waals surface area contributed by atoms with Gasteiger partial charge in [0.1, 0.15) is 6.10 Å². The van der Waals surface area contributed by atoms with E-state index in [2.05, 4.69) is 15.9 Å². The summed E-state index contributed by atoms with van der Waals surface area (Å²) in [7, 11) is 4.60. The molecular weight excluding hydrogens is 380 g/mol. The van der Waals surface area contributed by atoms with Crippen LogP contribution in [0.4, 0.5) is 0 Å². The highest BCUT2D eigenvalue weighted by atomic mass is 79.9. The Morgan fingerprint density at radius 2 is 1.67 bits per heavy atom. The first-order valence-corrected chi connectivity index (χ1v) is 7.93. The number of aliphatic hydroxyl groups is 1. The third-order valence-corrected chi connectivity index (χ3v) is 5.46. The molecule has 0 aliphatic carbocycles. The number of rotatable bonds is 5. The number of hydrogen-bond donors (Lipinski definition) is 1. The number of hydrogen-bond acceptors (Lipinski definition) is 5. The lowest BCUT2D eigenvalue weighted by atomic mass is 10.1. The smallest absolute Gasteiger partial charge is 0.203 e. The Hall–Kier alpha value is -0.950. The van der Waals surface area contributed by atoms with Gasteiger partial charge in [-0.15, -0.1) is 11.3 Å². The largest absolute Gasteiger partial charge is 0.493 e. The van der Waals surface area contributed by atoms with Gasteiger partial charge in [0.2, 0.25) is 5.75 Å². The molecule has 0 bridgehead atoms. The molecule has 0 amide bonds. The monoisotopic (exact) mass is 392 g/mol. The molecule has 4 nitrogen and oxygen atoms in total. The Morgan fingerprint density at radius 1 is 1.10 bits per heavy atom. The lowest BCUT2D eigenvalue weighted by Crippen LogP contribution is -2.01. The zero-order valence-corrected chi connectivity index (χ0v) is 14.8. The lowest BCUT2D eigenvalue weighted by molar-refractivity contribution is 0.222. The van der Waals surface area contributed by atoms with E-state index in [1.54, 1.807) is 18.2 Å². The summed E-state index contributed by atoms with van der Waals surface area (Å²) in [5, 5.41) is 11.1. The minimum absolute atomic E-state index is 0.487. The van der Waals surface area contributed by atoms with Crippen molar-refractivity contribution < 1.29 is 19.3 Å². The summed E-state index contributed by atoms with van der Waals surface area (Å²) in [5.74, 6) is 1.47. The molecule has 114 valence electrons. The second-order valence-corrected chi connectivity index (χ2v) is 6.94. The van der Waals surface area contributed by atoms with Crippen molar-refractivity contribution in [2.75, 3.05) is 21.3 Å². The maximum atomic E-state index is 10.5. The van der Waals surface area contributed by atoms with E-state index < -0.39 is 6.10 Å². The van der Waals surface area contributed by atoms with E-state index >= 15 is 0 Å². The van der Waals surface area contributed by atoms with Gasteiger partial charge >= 0.3 is 0 Å². The van der Waals surface area contributed by atoms with Crippen LogP contribution in [-0.4, -0.2) is 26.4 Å². The van der Waals surface area contributed by atoms with Gasteiger partial charge in [-0.25, -0.2) is 0 Å². The molecule has 0 aliphatic heterocycles. The van der Waals surface area contributed by atoms with Crippen LogP contribution >= 0.6 is 38.9 Å². The molecule has 1 aromatic heterocycles. The van der Waals surface area contributed by atoms with Crippen LogP contribution in [0.5, 0.6) is 17.2 Å². The number of thiophene rings is 1. The zero-order valence-electron chi connectivity index (χ0n) is 11.6. The molecule has 2 rings (SSSR count). The fraction of sp³-hybridized carbons (Fsp3) is 0.286. The number of ether oxygens (including phenoxy) is 3. The van der Waals surface area contributed by atoms with Crippen molar-refractivity contribution in [2.45, 2.75) is 6.10 Å². The predicted molar refractivity (Wildman–Crippen MR) is 87.2 cm³/mol. The SMILES string of the molecule is COc1cc(C(O)c2cc(Cl)c(Br)s2)cc(OC)c1OC. The van der Waals surface area contributed by atoms with Gasteiger partial charge in [0.05, 0.1) is 30.1 Å². The van der Waals surface area contributed by atoms with Crippen LogP contribution < -0.4 is 14.2 Å². The van der Waals surface area contributed by atoms with E-state index in [1.165, 1.54) is 32.7 Å². The van der Waals surface area contributed by atoms with Crippen LogP contribution in [0.1, 0.15) is 16.5 Å². The summed E-state index contributed by atoms with van der Waals surface area (Å²) in [4.78, 5) is 0.723. The van der Waals surface area contributed by atoms with E-state index in [9.17, 15) is 5.11 Å². The minimum atomic E-state index is -0.826. The first kappa shape index (κ1) is 16.4. The van der Waals surface area contributed by atoms with Crippen LogP contribution in [0.25, 0.3) is 0 Å². The molecule has 1 heterocycles. The molecule has 0 radical (unpaired) electrons. The Morgan fingerprint density at radius 3 is 2.05 bits per heavy atom. The Kier molecular flexibility index (Phi) is 5.37. The lowest BCUT2D eigenvalue weighted by Gasteiger charge is -2.16. The summed E-state index contributed by atoms with van der Waals surface area (Å²) in [5.41, 5.74) is 0.634. The Labute approximate surface area is 140 Å². The first-order chi connectivity index (χ1) is 10.0. The molecule has 0 fully saturated rings. The molecule has 1 atom stereocenters. The highest BCUT2D eigenvalue weighted by Crippen LogP contribution is 2.43. The number of benzene rings is 1. The van der Waals surface area contributed by atoms with Crippen molar-refractivity contribution in [3.05, 3.63) is 37.4 Å². The fourth-order valence-corrected chi connectivity index (χ4v) is 3.68. The van der Waals surface area contributed by atoms with E-state index in [1.807, 2.05) is 0 Å². The average Bonchev–Trinajstić information content (AvgIpc) is 2.84. The topological polar surface area (TPSA) is 47.9 Å². The van der Waals surface area contributed by atoms with Gasteiger partial charge in [0, 0.05) is 4.88 Å². The summed E-state index contributed by atoms with van der Waals surface area (Å²) in [6, 6.07) is 5.16. The molecule has 7 heteroatoms. The van der Waals surface area contributed by atoms with Crippen molar-refractivity contribution >= 4 is 38.9 Å². The molecule has 1 unspecified atom stereocenters. The van der Waals surface area contributed by atoms with Crippen LogP contribution in [0, 0.1) is 0 Å². The number of methoxy groups -OCH3 is 3. The summed E-state index contributed by atoms with van der Waals surface area (Å²) in [6.07, 6.45) is -0.826. The molecule has 0 saturated carbocycles. The number of halogens is 2. The van der Waals surface area contributed by atoms with Gasteiger partial charge in [-0.05, 0) is 39.7 Å². The Balaban J connectivity index is 2.48. The zero-order chi connectivity index (χ0) is 15.6. The van der Waals surface area contributed by atoms with Crippen LogP contribution in [0.3, 0.4) is 0 Å². The van der Waals surface area contributed by atoms with Crippen LogP contribution in [0.15, 0.2) is 22.0 Å². The van der Waals surface area contributed by atoms with Crippen molar-refractivity contribution in [3.8, 4) is 17.2 Å². The Bertz CT molecular complexity index is 599. The minimum Gasteiger partial charge on any atom is -0.493 e. The normalized spacial score (nSPS) is 12.1. The standard InChI is InChI=1S/C14H14BrClO4S/c1-18-9-4-7(5-10(19-2)13(9)20-3)12(17)11-6-8(16)14(15)21-11/h4-6,12,17H,1-3H3. The van der Waals surface area contributed by atoms with Gasteiger partial charge in [0.25, 0.3) is 0 Å². The molecule has 2 aromatic rings. The molecule has 0 spiro atoms. The van der Waals surface area contributed by atoms with Crippen molar-refractivity contribution in [3.63, 3.8) is 0 Å². The summed E-state index contributed by atoms with van der Waals surface area (Å²) in [6.45, 7) is 0. The second kappa shape index (κ2) is 6.87. The van der Waals surface area contributed by atoms with Crippen molar-refractivity contribution in [2.24, 2.45) is 0 Å². The van der Waals surface area contributed by atoms with E-state index in [-0.39, 0.29) is 0 Å². The van der Waals surface area contributed by atoms with Gasteiger partial charge in [-0.1, -0.05) is 11.6 Å². The molecule has 21 heavy (non-hydrogen) atoms. The highest BCUT2D eigenvalue weighted by Gasteiger charge is 2.20. The molecular formula is C14H14BrClO4S. The van der Waals surface area contributed by atoms with Gasteiger partial charge in [-0.3, -0.25) is 0 Å². The summed E-state index contributed by atoms with van der Waals surface area (Å²) < 4.78 is 16.6. The maximum Gasteiger partial charge on any atom is 0.203 e. The fourth-order valence-electron chi connectivity index (χ4n) is 1.92. The molecule has 1 N–H and O–H groups in total. The van der Waals surface area contributed by atoms with Crippen molar-refractivity contribution in [1.82, 2.24) is 0 Å². The van der Waals surface area contributed by atoms with E-state index in [0.29, 0.717) is 27.8 Å². The second-order valence-electron chi connectivity index (χ2n) is 4.13. The van der Waals surface area contributed by atoms with Gasteiger partial charge < -0.3 is 19.3 Å². The number of aliphatic hydroxyl groups excluding tert-OH is 1. The third kappa shape index (κ3) is 3.29. The quantitative estimate of drug-likeness (QED) is 0.824. The molecule has 0 saturated heterocycles. The first-order valence-electron chi connectivity index (χ1n) is 5.94. The third-order valence-electron chi connectivity index (χ3n) is 2.94. The molecule has 0 aliphatic rings. The predicted octanol–water partition coefficient (Wildman–Crippen LogP) is 4.27. The van der Waals surface area contributed by atoms with E-state index in [4.69, 9.17) is 25.8 Å². The average molecular weight is 394 g/mol. The van der Waals surface area contributed by atoms with Crippen LogP contribution in [0.2, 0.25) is 5.02 Å². The maximum absolute atomic E-state index is 10.5.